The van der Waals surface area contributed by atoms with Gasteiger partial charge in [0.25, 0.3) is 10.0 Å². The molecular weight excluding hydrogens is 354 g/mol. The number of hydrogen-bond acceptors (Lipinski definition) is 4. The highest BCUT2D eigenvalue weighted by atomic mass is 79.9. The van der Waals surface area contributed by atoms with Gasteiger partial charge in [-0.25, -0.2) is 13.4 Å². The molecule has 7 heteroatoms. The highest BCUT2D eigenvalue weighted by Crippen LogP contribution is 2.18. The van der Waals surface area contributed by atoms with E-state index in [0.29, 0.717) is 5.82 Å². The molecule has 0 atom stereocenters. The molecule has 0 spiro atoms. The molecule has 21 heavy (non-hydrogen) atoms. The lowest BCUT2D eigenvalue weighted by atomic mass is 10.4. The number of aromatic nitrogens is 1. The summed E-state index contributed by atoms with van der Waals surface area (Å²) in [5.74, 6) is 0.292. The molecule has 1 aromatic carbocycles. The lowest BCUT2D eigenvalue weighted by Gasteiger charge is -2.09. The molecule has 0 unspecified atom stereocenters. The van der Waals surface area contributed by atoms with Crippen molar-refractivity contribution in [1.82, 2.24) is 4.98 Å². The lowest BCUT2D eigenvalue weighted by Crippen LogP contribution is -2.13. The highest BCUT2D eigenvalue weighted by Gasteiger charge is 2.14. The van der Waals surface area contributed by atoms with Crippen LogP contribution in [0.1, 0.15) is 13.3 Å². The Morgan fingerprint density at radius 2 is 1.86 bits per heavy atom. The van der Waals surface area contributed by atoms with E-state index < -0.39 is 10.0 Å². The Hall–Kier alpha value is -1.60. The van der Waals surface area contributed by atoms with Gasteiger partial charge in [0, 0.05) is 11.0 Å². The lowest BCUT2D eigenvalue weighted by molar-refractivity contribution is 0.601. The first-order valence-electron chi connectivity index (χ1n) is 6.49. The molecule has 0 saturated carbocycles. The van der Waals surface area contributed by atoms with Gasteiger partial charge in [-0.15, -0.1) is 0 Å². The van der Waals surface area contributed by atoms with E-state index in [0.717, 1.165) is 23.1 Å². The summed E-state index contributed by atoms with van der Waals surface area (Å²) in [6.07, 6.45) is 2.62. The number of rotatable bonds is 6. The maximum absolute atomic E-state index is 12.2. The van der Waals surface area contributed by atoms with Crippen LogP contribution in [-0.4, -0.2) is 19.9 Å². The van der Waals surface area contributed by atoms with Crippen LogP contribution in [0.15, 0.2) is 52.0 Å². The quantitative estimate of drug-likeness (QED) is 0.817. The number of halogens is 1. The summed E-state index contributed by atoms with van der Waals surface area (Å²) in [6.45, 7) is 2.92. The van der Waals surface area contributed by atoms with Crippen LogP contribution in [0.25, 0.3) is 0 Å². The number of anilines is 2. The summed E-state index contributed by atoms with van der Waals surface area (Å²) >= 11 is 3.27. The SMILES string of the molecule is CCCNc1ccc(NS(=O)(=O)c2ccc(Br)cc2)nc1. The second-order valence-corrected chi connectivity index (χ2v) is 7.02. The first-order valence-corrected chi connectivity index (χ1v) is 8.77. The van der Waals surface area contributed by atoms with Crippen molar-refractivity contribution < 1.29 is 8.42 Å². The summed E-state index contributed by atoms with van der Waals surface area (Å²) in [7, 11) is -3.61. The number of hydrogen-bond donors (Lipinski definition) is 2. The predicted molar refractivity (Wildman–Crippen MR) is 88.0 cm³/mol. The fraction of sp³-hybridized carbons (Fsp3) is 0.214. The summed E-state index contributed by atoms with van der Waals surface area (Å²) in [5.41, 5.74) is 0.864. The van der Waals surface area contributed by atoms with Gasteiger partial charge in [-0.3, -0.25) is 4.72 Å². The van der Waals surface area contributed by atoms with Gasteiger partial charge in [-0.1, -0.05) is 22.9 Å². The van der Waals surface area contributed by atoms with Crippen molar-refractivity contribution in [3.63, 3.8) is 0 Å². The predicted octanol–water partition coefficient (Wildman–Crippen LogP) is 3.47. The van der Waals surface area contributed by atoms with Crippen LogP contribution in [0.3, 0.4) is 0 Å². The molecule has 2 N–H and O–H groups in total. The second-order valence-electron chi connectivity index (χ2n) is 4.42. The second kappa shape index (κ2) is 6.91. The largest absolute Gasteiger partial charge is 0.384 e. The molecule has 0 aliphatic heterocycles. The van der Waals surface area contributed by atoms with Crippen LogP contribution in [0.2, 0.25) is 0 Å². The van der Waals surface area contributed by atoms with E-state index >= 15 is 0 Å². The topological polar surface area (TPSA) is 71.1 Å². The van der Waals surface area contributed by atoms with E-state index in [1.54, 1.807) is 30.5 Å². The number of pyridine rings is 1. The van der Waals surface area contributed by atoms with Crippen LogP contribution in [0.4, 0.5) is 11.5 Å². The average Bonchev–Trinajstić information content (AvgIpc) is 2.47. The summed E-state index contributed by atoms with van der Waals surface area (Å²) in [5, 5.41) is 3.18. The van der Waals surface area contributed by atoms with Gasteiger partial charge in [0.15, 0.2) is 0 Å². The monoisotopic (exact) mass is 369 g/mol. The Kier molecular flexibility index (Phi) is 5.19. The fourth-order valence-electron chi connectivity index (χ4n) is 1.64. The third-order valence-corrected chi connectivity index (χ3v) is 4.60. The molecule has 0 amide bonds. The first kappa shape index (κ1) is 15.8. The van der Waals surface area contributed by atoms with E-state index in [2.05, 4.69) is 37.9 Å². The minimum atomic E-state index is -3.61. The molecule has 0 aliphatic rings. The summed E-state index contributed by atoms with van der Waals surface area (Å²) in [4.78, 5) is 4.29. The smallest absolute Gasteiger partial charge is 0.263 e. The third-order valence-electron chi connectivity index (χ3n) is 2.71. The zero-order valence-corrected chi connectivity index (χ0v) is 13.9. The first-order chi connectivity index (χ1) is 10.0. The molecule has 0 aliphatic carbocycles. The Bertz CT molecular complexity index is 685. The molecule has 5 nitrogen and oxygen atoms in total. The fourth-order valence-corrected chi connectivity index (χ4v) is 2.91. The van der Waals surface area contributed by atoms with E-state index in [9.17, 15) is 8.42 Å². The van der Waals surface area contributed by atoms with Crippen LogP contribution < -0.4 is 10.0 Å². The average molecular weight is 370 g/mol. The Balaban J connectivity index is 2.11. The van der Waals surface area contributed by atoms with Crippen LogP contribution in [0.5, 0.6) is 0 Å². The standard InChI is InChI=1S/C14H16BrN3O2S/c1-2-9-16-12-5-8-14(17-10-12)18-21(19,20)13-6-3-11(15)4-7-13/h3-8,10,16H,2,9H2,1H3,(H,17,18). The zero-order valence-electron chi connectivity index (χ0n) is 11.5. The number of nitrogens with zero attached hydrogens (tertiary/aromatic N) is 1. The molecule has 0 bridgehead atoms. The maximum atomic E-state index is 12.2. The van der Waals surface area contributed by atoms with Crippen molar-refractivity contribution in [3.05, 3.63) is 47.1 Å². The van der Waals surface area contributed by atoms with Gasteiger partial charge >= 0.3 is 0 Å². The molecular formula is C14H16BrN3O2S. The van der Waals surface area contributed by atoms with E-state index in [4.69, 9.17) is 0 Å². The third kappa shape index (κ3) is 4.44. The van der Waals surface area contributed by atoms with E-state index in [1.807, 2.05) is 0 Å². The van der Waals surface area contributed by atoms with Crippen molar-refractivity contribution in [2.24, 2.45) is 0 Å². The maximum Gasteiger partial charge on any atom is 0.263 e. The summed E-state index contributed by atoms with van der Waals surface area (Å²) < 4.78 is 27.7. The Morgan fingerprint density at radius 3 is 2.43 bits per heavy atom. The zero-order chi connectivity index (χ0) is 15.3. The molecule has 0 fully saturated rings. The van der Waals surface area contributed by atoms with E-state index in [-0.39, 0.29) is 4.90 Å². The van der Waals surface area contributed by atoms with Crippen molar-refractivity contribution >= 4 is 37.5 Å². The van der Waals surface area contributed by atoms with Gasteiger partial charge in [0.05, 0.1) is 16.8 Å². The highest BCUT2D eigenvalue weighted by molar-refractivity contribution is 9.10. The van der Waals surface area contributed by atoms with Crippen LogP contribution in [-0.2, 0) is 10.0 Å². The van der Waals surface area contributed by atoms with Crippen LogP contribution >= 0.6 is 15.9 Å². The molecule has 112 valence electrons. The van der Waals surface area contributed by atoms with E-state index in [1.165, 1.54) is 12.1 Å². The number of sulfonamides is 1. The van der Waals surface area contributed by atoms with Crippen molar-refractivity contribution in [3.8, 4) is 0 Å². The van der Waals surface area contributed by atoms with Crippen molar-refractivity contribution in [2.45, 2.75) is 18.2 Å². The minimum absolute atomic E-state index is 0.195. The molecule has 0 radical (unpaired) electrons. The normalized spacial score (nSPS) is 11.1. The van der Waals surface area contributed by atoms with Gasteiger partial charge in [0.2, 0.25) is 0 Å². The minimum Gasteiger partial charge on any atom is -0.384 e. The van der Waals surface area contributed by atoms with Gasteiger partial charge in [0.1, 0.15) is 5.82 Å². The van der Waals surface area contributed by atoms with Gasteiger partial charge in [-0.2, -0.15) is 0 Å². The molecule has 1 aromatic heterocycles. The Morgan fingerprint density at radius 1 is 1.14 bits per heavy atom. The van der Waals surface area contributed by atoms with Crippen LogP contribution in [0, 0.1) is 0 Å². The molecule has 1 heterocycles. The summed E-state index contributed by atoms with van der Waals surface area (Å²) in [6, 6.07) is 9.85. The Labute approximate surface area is 133 Å². The molecule has 2 rings (SSSR count). The number of nitrogens with one attached hydrogen (secondary N) is 2. The molecule has 2 aromatic rings. The van der Waals surface area contributed by atoms with Gasteiger partial charge < -0.3 is 5.32 Å². The van der Waals surface area contributed by atoms with Crippen molar-refractivity contribution in [1.29, 1.82) is 0 Å². The van der Waals surface area contributed by atoms with Crippen molar-refractivity contribution in [2.75, 3.05) is 16.6 Å². The molecule has 0 saturated heterocycles. The van der Waals surface area contributed by atoms with Gasteiger partial charge in [-0.05, 0) is 42.8 Å². The number of benzene rings is 1.